The molecule has 2 saturated carbocycles. The Labute approximate surface area is 156 Å². The maximum absolute atomic E-state index is 12.9. The number of Topliss-reactive ketones (excluding diaryl/α,β-unsaturated/α-hetero) is 1. The van der Waals surface area contributed by atoms with E-state index in [1.54, 1.807) is 0 Å². The number of thiophene rings is 1. The SMILES string of the molecule is CC1=CC(C)(C2CCCCC2)c2sc(C(=O)CC3CCCCC3)cc21. The highest BCUT2D eigenvalue weighted by atomic mass is 32.1. The molecule has 0 saturated heterocycles. The van der Waals surface area contributed by atoms with Gasteiger partial charge in [-0.3, -0.25) is 4.79 Å². The lowest BCUT2D eigenvalue weighted by molar-refractivity contribution is 0.0954. The monoisotopic (exact) mass is 356 g/mol. The fraction of sp³-hybridized carbons (Fsp3) is 0.696. The summed E-state index contributed by atoms with van der Waals surface area (Å²) < 4.78 is 0. The van der Waals surface area contributed by atoms with Crippen LogP contribution in [0, 0.1) is 11.8 Å². The van der Waals surface area contributed by atoms with Gasteiger partial charge in [0.05, 0.1) is 4.88 Å². The fourth-order valence-electron chi connectivity index (χ4n) is 5.57. The zero-order valence-electron chi connectivity index (χ0n) is 15.9. The van der Waals surface area contributed by atoms with Gasteiger partial charge in [0.1, 0.15) is 0 Å². The van der Waals surface area contributed by atoms with Crippen molar-refractivity contribution in [3.05, 3.63) is 27.5 Å². The van der Waals surface area contributed by atoms with Crippen LogP contribution in [0.4, 0.5) is 0 Å². The average Bonchev–Trinajstić information content (AvgIpc) is 3.18. The molecule has 0 N–H and O–H groups in total. The molecule has 1 aromatic heterocycles. The van der Waals surface area contributed by atoms with Gasteiger partial charge in [-0.2, -0.15) is 0 Å². The summed E-state index contributed by atoms with van der Waals surface area (Å²) in [6, 6.07) is 2.23. The van der Waals surface area contributed by atoms with E-state index in [4.69, 9.17) is 0 Å². The van der Waals surface area contributed by atoms with Crippen molar-refractivity contribution in [1.82, 2.24) is 0 Å². The van der Waals surface area contributed by atoms with Gasteiger partial charge in [0, 0.05) is 16.7 Å². The standard InChI is InChI=1S/C23H32OS/c1-16-15-23(2,18-11-7-4-8-12-18)22-19(16)14-21(25-22)20(24)13-17-9-5-3-6-10-17/h14-15,17-18H,3-13H2,1-2H3. The molecule has 0 aliphatic heterocycles. The summed E-state index contributed by atoms with van der Waals surface area (Å²) in [5.41, 5.74) is 2.95. The maximum atomic E-state index is 12.9. The number of allylic oxidation sites excluding steroid dienone is 2. The minimum Gasteiger partial charge on any atom is -0.293 e. The molecule has 0 aromatic carbocycles. The Balaban J connectivity index is 1.56. The van der Waals surface area contributed by atoms with E-state index in [0.29, 0.717) is 11.7 Å². The zero-order chi connectivity index (χ0) is 17.4. The van der Waals surface area contributed by atoms with E-state index < -0.39 is 0 Å². The first-order valence-electron chi connectivity index (χ1n) is 10.5. The van der Waals surface area contributed by atoms with Crippen LogP contribution in [0.2, 0.25) is 0 Å². The van der Waals surface area contributed by atoms with Gasteiger partial charge in [0.2, 0.25) is 0 Å². The van der Waals surface area contributed by atoms with Gasteiger partial charge < -0.3 is 0 Å². The van der Waals surface area contributed by atoms with Gasteiger partial charge in [-0.1, -0.05) is 64.4 Å². The highest BCUT2D eigenvalue weighted by molar-refractivity contribution is 7.14. The molecule has 1 unspecified atom stereocenters. The molecule has 0 spiro atoms. The van der Waals surface area contributed by atoms with Crippen molar-refractivity contribution in [3.63, 3.8) is 0 Å². The summed E-state index contributed by atoms with van der Waals surface area (Å²) in [7, 11) is 0. The first-order valence-corrected chi connectivity index (χ1v) is 11.3. The van der Waals surface area contributed by atoms with Crippen LogP contribution in [0.5, 0.6) is 0 Å². The van der Waals surface area contributed by atoms with Crippen molar-refractivity contribution in [3.8, 4) is 0 Å². The largest absolute Gasteiger partial charge is 0.293 e. The molecule has 3 aliphatic carbocycles. The van der Waals surface area contributed by atoms with Crippen molar-refractivity contribution in [1.29, 1.82) is 0 Å². The summed E-state index contributed by atoms with van der Waals surface area (Å²) in [5, 5.41) is 0. The minimum atomic E-state index is 0.174. The number of ketones is 1. The van der Waals surface area contributed by atoms with Crippen LogP contribution < -0.4 is 0 Å². The second kappa shape index (κ2) is 7.02. The second-order valence-electron chi connectivity index (χ2n) is 8.93. The van der Waals surface area contributed by atoms with Crippen LogP contribution in [-0.2, 0) is 5.41 Å². The topological polar surface area (TPSA) is 17.1 Å². The van der Waals surface area contributed by atoms with Crippen LogP contribution in [0.1, 0.15) is 105 Å². The molecule has 2 fully saturated rings. The molecule has 136 valence electrons. The lowest BCUT2D eigenvalue weighted by Gasteiger charge is -2.35. The summed E-state index contributed by atoms with van der Waals surface area (Å²) >= 11 is 1.82. The number of fused-ring (bicyclic) bond motifs is 1. The summed E-state index contributed by atoms with van der Waals surface area (Å²) in [6.45, 7) is 4.68. The molecular weight excluding hydrogens is 324 g/mol. The number of carbonyl (C=O) groups excluding carboxylic acids is 1. The zero-order valence-corrected chi connectivity index (χ0v) is 16.7. The normalized spacial score (nSPS) is 28.0. The molecule has 0 radical (unpaired) electrons. The number of hydrogen-bond acceptors (Lipinski definition) is 2. The summed E-state index contributed by atoms with van der Waals surface area (Å²) in [6.07, 6.45) is 16.7. The molecule has 1 aromatic rings. The molecular formula is C23H32OS. The van der Waals surface area contributed by atoms with E-state index in [9.17, 15) is 4.79 Å². The summed E-state index contributed by atoms with van der Waals surface area (Å²) in [4.78, 5) is 15.4. The van der Waals surface area contributed by atoms with Gasteiger partial charge in [0.25, 0.3) is 0 Å². The van der Waals surface area contributed by atoms with Gasteiger partial charge >= 0.3 is 0 Å². The molecule has 1 nitrogen and oxygen atoms in total. The quantitative estimate of drug-likeness (QED) is 0.523. The van der Waals surface area contributed by atoms with E-state index in [2.05, 4.69) is 26.0 Å². The van der Waals surface area contributed by atoms with Crippen molar-refractivity contribution in [2.24, 2.45) is 11.8 Å². The van der Waals surface area contributed by atoms with E-state index in [0.717, 1.165) is 17.2 Å². The lowest BCUT2D eigenvalue weighted by Crippen LogP contribution is -2.29. The van der Waals surface area contributed by atoms with Crippen LogP contribution >= 0.6 is 11.3 Å². The van der Waals surface area contributed by atoms with E-state index in [-0.39, 0.29) is 5.41 Å². The van der Waals surface area contributed by atoms with Crippen LogP contribution in [0.15, 0.2) is 12.1 Å². The third kappa shape index (κ3) is 3.27. The molecule has 0 amide bonds. The molecule has 3 aliphatic rings. The van der Waals surface area contributed by atoms with E-state index in [1.165, 1.54) is 80.2 Å². The van der Waals surface area contributed by atoms with E-state index >= 15 is 0 Å². The number of rotatable bonds is 4. The van der Waals surface area contributed by atoms with Crippen LogP contribution in [-0.4, -0.2) is 5.78 Å². The maximum Gasteiger partial charge on any atom is 0.173 e. The third-order valence-electron chi connectivity index (χ3n) is 7.09. The first kappa shape index (κ1) is 17.5. The molecule has 25 heavy (non-hydrogen) atoms. The number of carbonyl (C=O) groups is 1. The van der Waals surface area contributed by atoms with Crippen LogP contribution in [0.3, 0.4) is 0 Å². The summed E-state index contributed by atoms with van der Waals surface area (Å²) in [5.74, 6) is 1.81. The number of hydrogen-bond donors (Lipinski definition) is 0. The second-order valence-corrected chi connectivity index (χ2v) is 9.98. The van der Waals surface area contributed by atoms with Gasteiger partial charge in [-0.15, -0.1) is 11.3 Å². The molecule has 1 heterocycles. The lowest BCUT2D eigenvalue weighted by atomic mass is 9.70. The Bertz CT molecular complexity index is 670. The predicted molar refractivity (Wildman–Crippen MR) is 107 cm³/mol. The highest BCUT2D eigenvalue weighted by Gasteiger charge is 2.42. The Morgan fingerprint density at radius 1 is 1.08 bits per heavy atom. The van der Waals surface area contributed by atoms with Crippen molar-refractivity contribution in [2.45, 2.75) is 89.9 Å². The van der Waals surface area contributed by atoms with Crippen LogP contribution in [0.25, 0.3) is 5.57 Å². The Kier molecular flexibility index (Phi) is 4.92. The third-order valence-corrected chi connectivity index (χ3v) is 8.52. The van der Waals surface area contributed by atoms with Gasteiger partial charge in [-0.05, 0) is 48.8 Å². The fourth-order valence-corrected chi connectivity index (χ4v) is 6.94. The minimum absolute atomic E-state index is 0.174. The Morgan fingerprint density at radius 3 is 2.40 bits per heavy atom. The van der Waals surface area contributed by atoms with Crippen molar-refractivity contribution < 1.29 is 4.79 Å². The Morgan fingerprint density at radius 2 is 1.72 bits per heavy atom. The molecule has 4 rings (SSSR count). The van der Waals surface area contributed by atoms with Gasteiger partial charge in [-0.25, -0.2) is 0 Å². The first-order chi connectivity index (χ1) is 12.1. The van der Waals surface area contributed by atoms with E-state index in [1.807, 2.05) is 11.3 Å². The molecule has 2 heteroatoms. The highest BCUT2D eigenvalue weighted by Crippen LogP contribution is 2.52. The van der Waals surface area contributed by atoms with Crippen molar-refractivity contribution >= 4 is 22.7 Å². The average molecular weight is 357 g/mol. The Hall–Kier alpha value is -0.890. The molecule has 0 bridgehead atoms. The molecule has 1 atom stereocenters. The van der Waals surface area contributed by atoms with Gasteiger partial charge in [0.15, 0.2) is 5.78 Å². The smallest absolute Gasteiger partial charge is 0.173 e. The van der Waals surface area contributed by atoms with Crippen molar-refractivity contribution in [2.75, 3.05) is 0 Å². The predicted octanol–water partition coefficient (Wildman–Crippen LogP) is 7.16.